The Hall–Kier alpha value is -3.06. The van der Waals surface area contributed by atoms with Gasteiger partial charge in [0.1, 0.15) is 30.0 Å². The number of ether oxygens (including phenoxy) is 2. The van der Waals surface area contributed by atoms with Crippen LogP contribution in [0.2, 0.25) is 0 Å². The zero-order valence-electron chi connectivity index (χ0n) is 19.9. The van der Waals surface area contributed by atoms with E-state index in [0.717, 1.165) is 43.9 Å². The lowest BCUT2D eigenvalue weighted by molar-refractivity contribution is 0.138. The minimum Gasteiger partial charge on any atom is -0.508 e. The molecular weight excluding hydrogens is 458 g/mol. The molecule has 182 valence electrons. The van der Waals surface area contributed by atoms with Crippen molar-refractivity contribution in [1.29, 1.82) is 0 Å². The highest BCUT2D eigenvalue weighted by atomic mass is 32.1. The minimum absolute atomic E-state index is 0.230. The lowest BCUT2D eigenvalue weighted by Crippen LogP contribution is -2.33. The average Bonchev–Trinajstić information content (AvgIpc) is 3.25. The van der Waals surface area contributed by atoms with Crippen molar-refractivity contribution in [2.75, 3.05) is 33.4 Å². The van der Waals surface area contributed by atoms with E-state index in [1.807, 2.05) is 30.3 Å². The molecule has 5 rings (SSSR count). The van der Waals surface area contributed by atoms with Crippen LogP contribution >= 0.6 is 11.3 Å². The van der Waals surface area contributed by atoms with E-state index < -0.39 is 0 Å². The molecule has 5 nitrogen and oxygen atoms in total. The number of aromatic hydroxyl groups is 2. The predicted octanol–water partition coefficient (Wildman–Crippen LogP) is 6.58. The fraction of sp³-hybridized carbons (Fsp3) is 0.310. The van der Waals surface area contributed by atoms with Crippen LogP contribution in [0.3, 0.4) is 0 Å². The molecule has 1 aromatic heterocycles. The van der Waals surface area contributed by atoms with Gasteiger partial charge in [0.05, 0.1) is 0 Å². The Labute approximate surface area is 210 Å². The van der Waals surface area contributed by atoms with E-state index in [1.54, 1.807) is 42.7 Å². The fourth-order valence-electron chi connectivity index (χ4n) is 4.83. The number of fused-ring (bicyclic) bond motifs is 1. The lowest BCUT2D eigenvalue weighted by atomic mass is 9.96. The van der Waals surface area contributed by atoms with Crippen LogP contribution in [0.15, 0.2) is 66.7 Å². The minimum atomic E-state index is -0.292. The summed E-state index contributed by atoms with van der Waals surface area (Å²) >= 11 is 1.61. The second kappa shape index (κ2) is 10.7. The SMILES string of the molecule is COC(c1ccc(OCCN2CCCCC2)cc1)c1c(-c2ccc(O)cc2)sc2cc(O)ccc12. The molecule has 0 spiro atoms. The molecule has 4 aromatic rings. The number of methoxy groups -OCH3 is 1. The van der Waals surface area contributed by atoms with Crippen molar-refractivity contribution < 1.29 is 19.7 Å². The number of likely N-dealkylation sites (tertiary alicyclic amines) is 1. The van der Waals surface area contributed by atoms with Crippen molar-refractivity contribution in [3.8, 4) is 27.7 Å². The van der Waals surface area contributed by atoms with E-state index in [9.17, 15) is 10.2 Å². The van der Waals surface area contributed by atoms with Crippen molar-refractivity contribution in [3.05, 3.63) is 77.9 Å². The smallest absolute Gasteiger partial charge is 0.119 e. The summed E-state index contributed by atoms with van der Waals surface area (Å²) < 4.78 is 13.1. The maximum atomic E-state index is 10.1. The first-order valence-corrected chi connectivity index (χ1v) is 13.0. The van der Waals surface area contributed by atoms with Crippen molar-refractivity contribution in [3.63, 3.8) is 0 Å². The molecule has 1 fully saturated rings. The molecule has 6 heteroatoms. The number of nitrogens with zero attached hydrogens (tertiary/aromatic N) is 1. The number of benzene rings is 3. The third-order valence-electron chi connectivity index (χ3n) is 6.65. The average molecular weight is 490 g/mol. The summed E-state index contributed by atoms with van der Waals surface area (Å²) in [7, 11) is 1.72. The Morgan fingerprint density at radius 1 is 0.886 bits per heavy atom. The van der Waals surface area contributed by atoms with Gasteiger partial charge < -0.3 is 19.7 Å². The first kappa shape index (κ1) is 23.7. The van der Waals surface area contributed by atoms with Crippen molar-refractivity contribution >= 4 is 21.4 Å². The van der Waals surface area contributed by atoms with Gasteiger partial charge in [-0.3, -0.25) is 4.90 Å². The normalized spacial score (nSPS) is 15.3. The second-order valence-corrected chi connectivity index (χ2v) is 10.1. The Bertz CT molecular complexity index is 1260. The number of phenolic OH excluding ortho intramolecular Hbond substituents is 2. The molecule has 1 aliphatic rings. The third-order valence-corrected chi connectivity index (χ3v) is 7.86. The highest BCUT2D eigenvalue weighted by Gasteiger charge is 2.24. The van der Waals surface area contributed by atoms with Crippen LogP contribution in [0.4, 0.5) is 0 Å². The third kappa shape index (κ3) is 5.30. The van der Waals surface area contributed by atoms with E-state index >= 15 is 0 Å². The zero-order chi connectivity index (χ0) is 24.2. The summed E-state index contributed by atoms with van der Waals surface area (Å²) in [4.78, 5) is 3.53. The van der Waals surface area contributed by atoms with Gasteiger partial charge in [-0.25, -0.2) is 0 Å². The summed E-state index contributed by atoms with van der Waals surface area (Å²) in [6, 6.07) is 20.8. The van der Waals surface area contributed by atoms with Crippen LogP contribution in [0.1, 0.15) is 36.5 Å². The second-order valence-electron chi connectivity index (χ2n) is 9.01. The topological polar surface area (TPSA) is 62.2 Å². The van der Waals surface area contributed by atoms with Gasteiger partial charge in [0.15, 0.2) is 0 Å². The number of hydrogen-bond acceptors (Lipinski definition) is 6. The van der Waals surface area contributed by atoms with Crippen molar-refractivity contribution in [2.45, 2.75) is 25.4 Å². The summed E-state index contributed by atoms with van der Waals surface area (Å²) in [5, 5.41) is 20.9. The predicted molar refractivity (Wildman–Crippen MR) is 142 cm³/mol. The molecule has 35 heavy (non-hydrogen) atoms. The van der Waals surface area contributed by atoms with Crippen LogP contribution in [0.5, 0.6) is 17.2 Å². The summed E-state index contributed by atoms with van der Waals surface area (Å²) in [5.74, 6) is 1.33. The Morgan fingerprint density at radius 3 is 2.31 bits per heavy atom. The van der Waals surface area contributed by atoms with E-state index in [0.29, 0.717) is 6.61 Å². The van der Waals surface area contributed by atoms with Gasteiger partial charge in [-0.05, 0) is 97.0 Å². The van der Waals surface area contributed by atoms with E-state index in [4.69, 9.17) is 9.47 Å². The number of phenols is 2. The van der Waals surface area contributed by atoms with E-state index in [1.165, 1.54) is 32.4 Å². The molecule has 1 aliphatic heterocycles. The summed E-state index contributed by atoms with van der Waals surface area (Å²) in [6.45, 7) is 4.00. The van der Waals surface area contributed by atoms with Crippen LogP contribution < -0.4 is 4.74 Å². The largest absolute Gasteiger partial charge is 0.508 e. The molecule has 3 aromatic carbocycles. The highest BCUT2D eigenvalue weighted by Crippen LogP contribution is 2.46. The van der Waals surface area contributed by atoms with Crippen LogP contribution in [-0.4, -0.2) is 48.5 Å². The van der Waals surface area contributed by atoms with Gasteiger partial charge in [-0.15, -0.1) is 11.3 Å². The molecule has 2 heterocycles. The quantitative estimate of drug-likeness (QED) is 0.293. The highest BCUT2D eigenvalue weighted by molar-refractivity contribution is 7.22. The molecule has 1 saturated heterocycles. The molecule has 0 radical (unpaired) electrons. The molecular formula is C29H31NO4S. The number of hydrogen-bond donors (Lipinski definition) is 2. The van der Waals surface area contributed by atoms with E-state index in [-0.39, 0.29) is 17.6 Å². The molecule has 1 unspecified atom stereocenters. The van der Waals surface area contributed by atoms with Gasteiger partial charge in [-0.2, -0.15) is 0 Å². The lowest BCUT2D eigenvalue weighted by Gasteiger charge is -2.26. The molecule has 0 saturated carbocycles. The number of piperidine rings is 1. The van der Waals surface area contributed by atoms with Gasteiger partial charge >= 0.3 is 0 Å². The van der Waals surface area contributed by atoms with Gasteiger partial charge in [0.25, 0.3) is 0 Å². The van der Waals surface area contributed by atoms with Gasteiger partial charge in [-0.1, -0.05) is 18.6 Å². The molecule has 2 N–H and O–H groups in total. The first-order chi connectivity index (χ1) is 17.1. The van der Waals surface area contributed by atoms with E-state index in [2.05, 4.69) is 17.0 Å². The fourth-order valence-corrected chi connectivity index (χ4v) is 6.10. The van der Waals surface area contributed by atoms with Crippen LogP contribution in [0.25, 0.3) is 20.5 Å². The standard InChI is InChI=1S/C29H31NO4S/c1-33-28(20-7-12-24(13-8-20)34-18-17-30-15-3-2-4-16-30)27-25-14-11-23(32)19-26(25)35-29(27)21-5-9-22(31)10-6-21/h5-14,19,28,31-32H,2-4,15-18H2,1H3. The summed E-state index contributed by atoms with van der Waals surface area (Å²) in [6.07, 6.45) is 3.63. The summed E-state index contributed by atoms with van der Waals surface area (Å²) in [5.41, 5.74) is 3.08. The zero-order valence-corrected chi connectivity index (χ0v) is 20.8. The molecule has 0 bridgehead atoms. The monoisotopic (exact) mass is 489 g/mol. The molecule has 1 atom stereocenters. The number of rotatable bonds is 8. The maximum Gasteiger partial charge on any atom is 0.119 e. The molecule has 0 aliphatic carbocycles. The molecule has 0 amide bonds. The van der Waals surface area contributed by atoms with Crippen molar-refractivity contribution in [2.24, 2.45) is 0 Å². The Balaban J connectivity index is 1.42. The Morgan fingerprint density at radius 2 is 1.60 bits per heavy atom. The maximum absolute atomic E-state index is 10.1. The first-order valence-electron chi connectivity index (χ1n) is 12.1. The van der Waals surface area contributed by atoms with Gasteiger partial charge in [0.2, 0.25) is 0 Å². The van der Waals surface area contributed by atoms with Gasteiger partial charge in [0, 0.05) is 28.8 Å². The van der Waals surface area contributed by atoms with Crippen LogP contribution in [-0.2, 0) is 4.74 Å². The Kier molecular flexibility index (Phi) is 7.23. The van der Waals surface area contributed by atoms with Crippen LogP contribution in [0, 0.1) is 0 Å². The van der Waals surface area contributed by atoms with Crippen molar-refractivity contribution in [1.82, 2.24) is 4.90 Å². The number of thiophene rings is 1.